The molecular formula is C16H17N3O3. The van der Waals surface area contributed by atoms with Crippen LogP contribution >= 0.6 is 0 Å². The Hall–Kier alpha value is -2.63. The largest absolute Gasteiger partial charge is 0.493 e. The minimum atomic E-state index is -0.226. The van der Waals surface area contributed by atoms with E-state index in [1.54, 1.807) is 0 Å². The number of hydrogen-bond acceptors (Lipinski definition) is 4. The number of nitrogens with zero attached hydrogens (tertiary/aromatic N) is 1. The summed E-state index contributed by atoms with van der Waals surface area (Å²) in [7, 11) is 0. The van der Waals surface area contributed by atoms with Crippen LogP contribution in [0.15, 0.2) is 41.5 Å². The summed E-state index contributed by atoms with van der Waals surface area (Å²) >= 11 is 0. The van der Waals surface area contributed by atoms with Crippen LogP contribution in [0, 0.1) is 5.92 Å². The van der Waals surface area contributed by atoms with E-state index in [-0.39, 0.29) is 23.9 Å². The van der Waals surface area contributed by atoms with Crippen LogP contribution in [0.25, 0.3) is 0 Å². The molecule has 1 aromatic carbocycles. The SMILES string of the molecule is O=C(NCc1cc(=O)[nH]cn1)[C@@H]1CCOc2ccccc2C1. The highest BCUT2D eigenvalue weighted by Gasteiger charge is 2.23. The van der Waals surface area contributed by atoms with E-state index in [0.717, 1.165) is 11.3 Å². The van der Waals surface area contributed by atoms with Crippen molar-refractivity contribution in [2.45, 2.75) is 19.4 Å². The van der Waals surface area contributed by atoms with E-state index >= 15 is 0 Å². The number of carbonyl (C=O) groups is 1. The number of fused-ring (bicyclic) bond motifs is 1. The maximum Gasteiger partial charge on any atom is 0.250 e. The Morgan fingerprint density at radius 2 is 2.27 bits per heavy atom. The van der Waals surface area contributed by atoms with Crippen molar-refractivity contribution < 1.29 is 9.53 Å². The average molecular weight is 299 g/mol. The highest BCUT2D eigenvalue weighted by Crippen LogP contribution is 2.26. The second-order valence-corrected chi connectivity index (χ2v) is 5.27. The van der Waals surface area contributed by atoms with E-state index in [9.17, 15) is 9.59 Å². The molecule has 6 heteroatoms. The van der Waals surface area contributed by atoms with Crippen LogP contribution < -0.4 is 15.6 Å². The van der Waals surface area contributed by atoms with E-state index < -0.39 is 0 Å². The lowest BCUT2D eigenvalue weighted by Crippen LogP contribution is -2.32. The zero-order valence-corrected chi connectivity index (χ0v) is 12.0. The summed E-state index contributed by atoms with van der Waals surface area (Å²) in [5.41, 5.74) is 1.37. The molecule has 0 unspecified atom stereocenters. The van der Waals surface area contributed by atoms with Crippen molar-refractivity contribution in [2.75, 3.05) is 6.61 Å². The van der Waals surface area contributed by atoms with Gasteiger partial charge in [-0.05, 0) is 24.5 Å². The fourth-order valence-electron chi connectivity index (χ4n) is 2.54. The van der Waals surface area contributed by atoms with Crippen molar-refractivity contribution in [3.63, 3.8) is 0 Å². The van der Waals surface area contributed by atoms with Gasteiger partial charge in [-0.2, -0.15) is 0 Å². The van der Waals surface area contributed by atoms with Crippen molar-refractivity contribution in [2.24, 2.45) is 5.92 Å². The van der Waals surface area contributed by atoms with Crippen LogP contribution in [0.2, 0.25) is 0 Å². The van der Waals surface area contributed by atoms with E-state index in [1.807, 2.05) is 24.3 Å². The molecule has 0 saturated heterocycles. The molecular weight excluding hydrogens is 282 g/mol. The topological polar surface area (TPSA) is 84.1 Å². The first-order valence-electron chi connectivity index (χ1n) is 7.24. The molecule has 3 rings (SSSR count). The molecule has 1 aliphatic rings. The molecule has 2 heterocycles. The van der Waals surface area contributed by atoms with Crippen molar-refractivity contribution in [3.05, 3.63) is 58.3 Å². The van der Waals surface area contributed by atoms with Gasteiger partial charge in [0.2, 0.25) is 5.91 Å². The zero-order valence-electron chi connectivity index (χ0n) is 12.0. The zero-order chi connectivity index (χ0) is 15.4. The number of H-pyrrole nitrogens is 1. The first-order valence-corrected chi connectivity index (χ1v) is 7.24. The average Bonchev–Trinajstić information content (AvgIpc) is 2.75. The molecule has 22 heavy (non-hydrogen) atoms. The normalized spacial score (nSPS) is 17.0. The summed E-state index contributed by atoms with van der Waals surface area (Å²) in [4.78, 5) is 30.0. The van der Waals surface area contributed by atoms with E-state index in [0.29, 0.717) is 25.1 Å². The highest BCUT2D eigenvalue weighted by atomic mass is 16.5. The van der Waals surface area contributed by atoms with E-state index in [2.05, 4.69) is 15.3 Å². The molecule has 2 aromatic rings. The van der Waals surface area contributed by atoms with Crippen LogP contribution in [0.4, 0.5) is 0 Å². The number of aromatic amines is 1. The Labute approximate surface area is 127 Å². The molecule has 0 saturated carbocycles. The number of amides is 1. The summed E-state index contributed by atoms with van der Waals surface area (Å²) in [5, 5.41) is 2.84. The maximum atomic E-state index is 12.3. The van der Waals surface area contributed by atoms with Gasteiger partial charge in [-0.3, -0.25) is 9.59 Å². The molecule has 1 atom stereocenters. The van der Waals surface area contributed by atoms with Gasteiger partial charge >= 0.3 is 0 Å². The molecule has 114 valence electrons. The second-order valence-electron chi connectivity index (χ2n) is 5.27. The predicted molar refractivity (Wildman–Crippen MR) is 80.5 cm³/mol. The highest BCUT2D eigenvalue weighted by molar-refractivity contribution is 5.79. The number of aromatic nitrogens is 2. The van der Waals surface area contributed by atoms with E-state index in [4.69, 9.17) is 4.74 Å². The predicted octanol–water partition coefficient (Wildman–Crippen LogP) is 1.03. The standard InChI is InChI=1S/C16H17N3O3/c20-15-8-13(18-10-19-15)9-17-16(21)12-5-6-22-14-4-2-1-3-11(14)7-12/h1-4,8,10,12H,5-7,9H2,(H,17,21)(H,18,19,20)/t12-/m1/s1. The molecule has 0 aliphatic carbocycles. The van der Waals surface area contributed by atoms with Crippen LogP contribution in [-0.2, 0) is 17.8 Å². The number of carbonyl (C=O) groups excluding carboxylic acids is 1. The van der Waals surface area contributed by atoms with Gasteiger partial charge in [-0.1, -0.05) is 18.2 Å². The Balaban J connectivity index is 1.64. The van der Waals surface area contributed by atoms with E-state index in [1.165, 1.54) is 12.4 Å². The van der Waals surface area contributed by atoms with Gasteiger partial charge in [0.1, 0.15) is 5.75 Å². The summed E-state index contributed by atoms with van der Waals surface area (Å²) in [6.07, 6.45) is 2.66. The summed E-state index contributed by atoms with van der Waals surface area (Å²) in [6, 6.07) is 9.17. The number of benzene rings is 1. The third-order valence-corrected chi connectivity index (χ3v) is 3.71. The molecule has 1 aliphatic heterocycles. The number of para-hydroxylation sites is 1. The van der Waals surface area contributed by atoms with Gasteiger partial charge < -0.3 is 15.0 Å². The van der Waals surface area contributed by atoms with Crippen LogP contribution in [0.3, 0.4) is 0 Å². The van der Waals surface area contributed by atoms with Gasteiger partial charge in [-0.15, -0.1) is 0 Å². The third-order valence-electron chi connectivity index (χ3n) is 3.71. The fourth-order valence-corrected chi connectivity index (χ4v) is 2.54. The third kappa shape index (κ3) is 3.33. The molecule has 0 spiro atoms. The molecule has 1 aromatic heterocycles. The number of nitrogens with one attached hydrogen (secondary N) is 2. The molecule has 0 bridgehead atoms. The summed E-state index contributed by atoms with van der Waals surface area (Å²) in [5.74, 6) is 0.682. The van der Waals surface area contributed by atoms with Gasteiger partial charge in [0, 0.05) is 12.0 Å². The molecule has 2 N–H and O–H groups in total. The van der Waals surface area contributed by atoms with Gasteiger partial charge in [0.15, 0.2) is 0 Å². The molecule has 0 radical (unpaired) electrons. The van der Waals surface area contributed by atoms with Crippen LogP contribution in [-0.4, -0.2) is 22.5 Å². The van der Waals surface area contributed by atoms with Crippen molar-refractivity contribution >= 4 is 5.91 Å². The minimum absolute atomic E-state index is 0.0395. The van der Waals surface area contributed by atoms with Crippen molar-refractivity contribution in [1.82, 2.24) is 15.3 Å². The summed E-state index contributed by atoms with van der Waals surface area (Å²) < 4.78 is 5.67. The quantitative estimate of drug-likeness (QED) is 0.886. The number of rotatable bonds is 3. The Bertz CT molecular complexity index is 726. The lowest BCUT2D eigenvalue weighted by molar-refractivity contribution is -0.125. The Morgan fingerprint density at radius 3 is 3.14 bits per heavy atom. The Morgan fingerprint density at radius 1 is 1.41 bits per heavy atom. The van der Waals surface area contributed by atoms with Gasteiger partial charge in [-0.25, -0.2) is 4.98 Å². The lowest BCUT2D eigenvalue weighted by atomic mass is 9.96. The first-order chi connectivity index (χ1) is 10.7. The molecule has 6 nitrogen and oxygen atoms in total. The first kappa shape index (κ1) is 14.3. The number of hydrogen-bond donors (Lipinski definition) is 2. The number of ether oxygens (including phenoxy) is 1. The minimum Gasteiger partial charge on any atom is -0.493 e. The molecule has 0 fully saturated rings. The second kappa shape index (κ2) is 6.43. The lowest BCUT2D eigenvalue weighted by Gasteiger charge is -2.13. The van der Waals surface area contributed by atoms with Crippen LogP contribution in [0.1, 0.15) is 17.7 Å². The van der Waals surface area contributed by atoms with Gasteiger partial charge in [0.25, 0.3) is 5.56 Å². The fraction of sp³-hybridized carbons (Fsp3) is 0.312. The van der Waals surface area contributed by atoms with Gasteiger partial charge in [0.05, 0.1) is 25.2 Å². The van der Waals surface area contributed by atoms with Crippen molar-refractivity contribution in [3.8, 4) is 5.75 Å². The Kier molecular flexibility index (Phi) is 4.18. The smallest absolute Gasteiger partial charge is 0.250 e. The maximum absolute atomic E-state index is 12.3. The molecule has 1 amide bonds. The monoisotopic (exact) mass is 299 g/mol. The van der Waals surface area contributed by atoms with Crippen LogP contribution in [0.5, 0.6) is 5.75 Å². The summed E-state index contributed by atoms with van der Waals surface area (Å²) in [6.45, 7) is 0.778. The van der Waals surface area contributed by atoms with Crippen molar-refractivity contribution in [1.29, 1.82) is 0 Å².